The van der Waals surface area contributed by atoms with Gasteiger partial charge in [0.15, 0.2) is 5.82 Å². The first-order valence-electron chi connectivity index (χ1n) is 9.23. The zero-order valence-corrected chi connectivity index (χ0v) is 16.1. The molecule has 26 heavy (non-hydrogen) atoms. The maximum atomic E-state index is 12.6. The molecule has 1 aliphatic rings. The van der Waals surface area contributed by atoms with Gasteiger partial charge in [0.1, 0.15) is 11.4 Å². The number of aromatic nitrogens is 2. The van der Waals surface area contributed by atoms with Crippen LogP contribution in [-0.2, 0) is 11.2 Å². The molecule has 0 radical (unpaired) electrons. The number of carbonyl (C=O) groups excluding carboxylic acids is 1. The van der Waals surface area contributed by atoms with Crippen molar-refractivity contribution in [2.45, 2.75) is 39.5 Å². The predicted octanol–water partition coefficient (Wildman–Crippen LogP) is 4.53. The van der Waals surface area contributed by atoms with E-state index in [1.54, 1.807) is 0 Å². The van der Waals surface area contributed by atoms with Gasteiger partial charge in [-0.15, -0.1) is 0 Å². The number of halogens is 1. The lowest BCUT2D eigenvalue weighted by Crippen LogP contribution is -2.32. The Bertz CT molecular complexity index is 771. The zero-order chi connectivity index (χ0) is 18.5. The van der Waals surface area contributed by atoms with Crippen LogP contribution in [-0.4, -0.2) is 35.6 Å². The molecule has 5 nitrogen and oxygen atoms in total. The van der Waals surface area contributed by atoms with E-state index in [9.17, 15) is 4.79 Å². The fraction of sp³-hybridized carbons (Fsp3) is 0.450. The molecule has 0 spiro atoms. The summed E-state index contributed by atoms with van der Waals surface area (Å²) < 4.78 is 5.30. The molecule has 1 aliphatic heterocycles. The van der Waals surface area contributed by atoms with Gasteiger partial charge in [-0.1, -0.05) is 18.5 Å². The highest BCUT2D eigenvalue weighted by Gasteiger charge is 2.26. The lowest BCUT2D eigenvalue weighted by Gasteiger charge is -2.30. The molecule has 0 bridgehead atoms. The average Bonchev–Trinajstić information content (AvgIpc) is 2.68. The summed E-state index contributed by atoms with van der Waals surface area (Å²) >= 11 is 6.00. The highest BCUT2D eigenvalue weighted by Crippen LogP contribution is 2.29. The van der Waals surface area contributed by atoms with Crippen LogP contribution in [0.15, 0.2) is 24.3 Å². The predicted molar refractivity (Wildman–Crippen MR) is 104 cm³/mol. The Balaban J connectivity index is 2.13. The van der Waals surface area contributed by atoms with E-state index >= 15 is 0 Å². The van der Waals surface area contributed by atoms with Crippen molar-refractivity contribution in [1.82, 2.24) is 9.97 Å². The van der Waals surface area contributed by atoms with Crippen LogP contribution in [0.1, 0.15) is 49.2 Å². The standard InChI is InChI=1S/C20H24ClN3O2/c1-3-16-17(20(25)26-4-2)19(24-12-6-5-7-13-24)23-18(22-16)14-8-10-15(21)11-9-14/h8-11H,3-7,12-13H2,1-2H3. The van der Waals surface area contributed by atoms with E-state index in [4.69, 9.17) is 21.3 Å². The van der Waals surface area contributed by atoms with Gasteiger partial charge in [-0.3, -0.25) is 0 Å². The van der Waals surface area contributed by atoms with Gasteiger partial charge in [0.05, 0.1) is 12.3 Å². The van der Waals surface area contributed by atoms with Gasteiger partial charge in [-0.2, -0.15) is 0 Å². The highest BCUT2D eigenvalue weighted by atomic mass is 35.5. The molecule has 3 rings (SSSR count). The first kappa shape index (κ1) is 18.6. The van der Waals surface area contributed by atoms with E-state index in [2.05, 4.69) is 9.88 Å². The summed E-state index contributed by atoms with van der Waals surface area (Å²) in [6.07, 6.45) is 4.05. The van der Waals surface area contributed by atoms with Crippen molar-refractivity contribution in [3.05, 3.63) is 40.5 Å². The molecule has 1 saturated heterocycles. The van der Waals surface area contributed by atoms with E-state index in [1.165, 1.54) is 6.42 Å². The number of anilines is 1. The van der Waals surface area contributed by atoms with Crippen LogP contribution in [0.3, 0.4) is 0 Å². The number of hydrogen-bond acceptors (Lipinski definition) is 5. The molecule has 1 fully saturated rings. The van der Waals surface area contributed by atoms with E-state index in [-0.39, 0.29) is 5.97 Å². The third-order valence-electron chi connectivity index (χ3n) is 4.54. The summed E-state index contributed by atoms with van der Waals surface area (Å²) in [5.74, 6) is 0.972. The van der Waals surface area contributed by atoms with Crippen molar-refractivity contribution in [2.75, 3.05) is 24.6 Å². The average molecular weight is 374 g/mol. The minimum absolute atomic E-state index is 0.334. The summed E-state index contributed by atoms with van der Waals surface area (Å²) in [6.45, 7) is 5.93. The largest absolute Gasteiger partial charge is 0.462 e. The number of aryl methyl sites for hydroxylation is 1. The summed E-state index contributed by atoms with van der Waals surface area (Å²) in [6, 6.07) is 7.46. The summed E-state index contributed by atoms with van der Waals surface area (Å²) in [4.78, 5) is 24.3. The molecule has 0 atom stereocenters. The van der Waals surface area contributed by atoms with Gasteiger partial charge in [-0.05, 0) is 56.9 Å². The second kappa shape index (κ2) is 8.49. The normalized spacial score (nSPS) is 14.3. The Hall–Kier alpha value is -2.14. The zero-order valence-electron chi connectivity index (χ0n) is 15.3. The molecule has 1 aromatic carbocycles. The Labute approximate surface area is 159 Å². The first-order chi connectivity index (χ1) is 12.6. The third kappa shape index (κ3) is 3.98. The minimum atomic E-state index is -0.340. The number of hydrogen-bond donors (Lipinski definition) is 0. The van der Waals surface area contributed by atoms with E-state index in [1.807, 2.05) is 38.1 Å². The Kier molecular flexibility index (Phi) is 6.09. The molecule has 138 valence electrons. The molecular formula is C20H24ClN3O2. The third-order valence-corrected chi connectivity index (χ3v) is 4.79. The van der Waals surface area contributed by atoms with Crippen LogP contribution in [0.4, 0.5) is 5.82 Å². The van der Waals surface area contributed by atoms with Crippen LogP contribution in [0.25, 0.3) is 11.4 Å². The van der Waals surface area contributed by atoms with Gasteiger partial charge in [0.25, 0.3) is 0 Å². The summed E-state index contributed by atoms with van der Waals surface area (Å²) in [5, 5.41) is 0.670. The van der Waals surface area contributed by atoms with Gasteiger partial charge < -0.3 is 9.64 Å². The maximum Gasteiger partial charge on any atom is 0.343 e. The smallest absolute Gasteiger partial charge is 0.343 e. The lowest BCUT2D eigenvalue weighted by molar-refractivity contribution is 0.0524. The molecule has 1 aromatic heterocycles. The molecule has 0 amide bonds. The number of piperidine rings is 1. The minimum Gasteiger partial charge on any atom is -0.462 e. The molecule has 0 unspecified atom stereocenters. The Morgan fingerprint density at radius 3 is 2.42 bits per heavy atom. The quantitative estimate of drug-likeness (QED) is 0.721. The van der Waals surface area contributed by atoms with Crippen molar-refractivity contribution < 1.29 is 9.53 Å². The maximum absolute atomic E-state index is 12.6. The number of esters is 1. The van der Waals surface area contributed by atoms with Crippen molar-refractivity contribution in [2.24, 2.45) is 0 Å². The van der Waals surface area contributed by atoms with Gasteiger partial charge in [0, 0.05) is 23.7 Å². The second-order valence-electron chi connectivity index (χ2n) is 6.32. The van der Waals surface area contributed by atoms with Crippen LogP contribution >= 0.6 is 11.6 Å². The number of ether oxygens (including phenoxy) is 1. The Morgan fingerprint density at radius 2 is 1.81 bits per heavy atom. The fourth-order valence-electron chi connectivity index (χ4n) is 3.22. The number of benzene rings is 1. The van der Waals surface area contributed by atoms with Crippen LogP contribution in [0.2, 0.25) is 5.02 Å². The summed E-state index contributed by atoms with van der Waals surface area (Å²) in [7, 11) is 0. The second-order valence-corrected chi connectivity index (χ2v) is 6.76. The number of carbonyl (C=O) groups is 1. The molecule has 2 heterocycles. The number of nitrogens with zero attached hydrogens (tertiary/aromatic N) is 3. The summed E-state index contributed by atoms with van der Waals surface area (Å²) in [5.41, 5.74) is 2.12. The topological polar surface area (TPSA) is 55.3 Å². The Morgan fingerprint density at radius 1 is 1.12 bits per heavy atom. The van der Waals surface area contributed by atoms with Gasteiger partial charge in [-0.25, -0.2) is 14.8 Å². The van der Waals surface area contributed by atoms with Crippen LogP contribution in [0.5, 0.6) is 0 Å². The lowest BCUT2D eigenvalue weighted by atomic mass is 10.1. The van der Waals surface area contributed by atoms with Gasteiger partial charge in [0.2, 0.25) is 0 Å². The van der Waals surface area contributed by atoms with E-state index in [0.29, 0.717) is 35.3 Å². The monoisotopic (exact) mass is 373 g/mol. The molecule has 2 aromatic rings. The molecule has 0 aliphatic carbocycles. The SMILES string of the molecule is CCOC(=O)c1c(CC)nc(-c2ccc(Cl)cc2)nc1N1CCCCC1. The van der Waals surface area contributed by atoms with Crippen molar-refractivity contribution >= 4 is 23.4 Å². The van der Waals surface area contributed by atoms with Gasteiger partial charge >= 0.3 is 5.97 Å². The highest BCUT2D eigenvalue weighted by molar-refractivity contribution is 6.30. The van der Waals surface area contributed by atoms with Crippen molar-refractivity contribution in [1.29, 1.82) is 0 Å². The molecule has 0 saturated carbocycles. The van der Waals surface area contributed by atoms with Crippen LogP contribution < -0.4 is 4.90 Å². The van der Waals surface area contributed by atoms with Crippen molar-refractivity contribution in [3.63, 3.8) is 0 Å². The number of rotatable bonds is 5. The molecular weight excluding hydrogens is 350 g/mol. The van der Waals surface area contributed by atoms with Crippen LogP contribution in [0, 0.1) is 0 Å². The fourth-order valence-corrected chi connectivity index (χ4v) is 3.35. The molecule has 6 heteroatoms. The van der Waals surface area contributed by atoms with Crippen molar-refractivity contribution in [3.8, 4) is 11.4 Å². The first-order valence-corrected chi connectivity index (χ1v) is 9.60. The van der Waals surface area contributed by atoms with E-state index < -0.39 is 0 Å². The van der Waals surface area contributed by atoms with E-state index in [0.717, 1.165) is 37.2 Å². The molecule has 0 N–H and O–H groups in total.